The zero-order chi connectivity index (χ0) is 23.3. The number of aryl methyl sites for hydroxylation is 1. The first-order valence-corrected chi connectivity index (χ1v) is 12.0. The summed E-state index contributed by atoms with van der Waals surface area (Å²) in [4.78, 5) is 21.3. The molecular formula is C22H25N7O3S. The van der Waals surface area contributed by atoms with Gasteiger partial charge in [-0.15, -0.1) is 0 Å². The second kappa shape index (κ2) is 9.84. The molecule has 1 aliphatic rings. The molecule has 1 aliphatic heterocycles. The van der Waals surface area contributed by atoms with Crippen molar-refractivity contribution in [2.45, 2.75) is 24.8 Å². The molecule has 11 heteroatoms. The normalized spacial score (nSPS) is 14.9. The van der Waals surface area contributed by atoms with Crippen LogP contribution in [0.25, 0.3) is 0 Å². The van der Waals surface area contributed by atoms with Crippen molar-refractivity contribution in [2.24, 2.45) is 0 Å². The van der Waals surface area contributed by atoms with E-state index in [0.717, 1.165) is 5.56 Å². The SMILES string of the molecule is Cc1cccc(NC(=O)NCc2cnc3nc2NCCCNS(=O)(=O)c2cccc(c2)N3)c1. The van der Waals surface area contributed by atoms with Crippen molar-refractivity contribution < 1.29 is 13.2 Å². The highest BCUT2D eigenvalue weighted by atomic mass is 32.2. The summed E-state index contributed by atoms with van der Waals surface area (Å²) < 4.78 is 27.5. The molecule has 0 saturated heterocycles. The van der Waals surface area contributed by atoms with Gasteiger partial charge in [0.25, 0.3) is 0 Å². The molecule has 2 heterocycles. The Kier molecular flexibility index (Phi) is 6.71. The van der Waals surface area contributed by atoms with E-state index in [4.69, 9.17) is 0 Å². The summed E-state index contributed by atoms with van der Waals surface area (Å²) in [5.41, 5.74) is 3.00. The fraction of sp³-hybridized carbons (Fsp3) is 0.227. The molecule has 0 aliphatic carbocycles. The number of carbonyl (C=O) groups excluding carboxylic acids is 1. The zero-order valence-corrected chi connectivity index (χ0v) is 18.9. The van der Waals surface area contributed by atoms with Crippen molar-refractivity contribution in [3.8, 4) is 0 Å². The van der Waals surface area contributed by atoms with Crippen molar-refractivity contribution >= 4 is 39.2 Å². The van der Waals surface area contributed by atoms with E-state index in [1.807, 2.05) is 31.2 Å². The smallest absolute Gasteiger partial charge is 0.319 e. The first kappa shape index (κ1) is 22.5. The van der Waals surface area contributed by atoms with E-state index in [1.165, 1.54) is 12.1 Å². The zero-order valence-electron chi connectivity index (χ0n) is 18.1. The molecule has 0 saturated carbocycles. The third kappa shape index (κ3) is 5.96. The van der Waals surface area contributed by atoms with Gasteiger partial charge in [0, 0.05) is 42.8 Å². The van der Waals surface area contributed by atoms with Gasteiger partial charge < -0.3 is 21.3 Å². The van der Waals surface area contributed by atoms with E-state index in [1.54, 1.807) is 18.3 Å². The van der Waals surface area contributed by atoms with Gasteiger partial charge in [-0.2, -0.15) is 4.98 Å². The van der Waals surface area contributed by atoms with Crippen LogP contribution in [0.4, 0.5) is 27.9 Å². The summed E-state index contributed by atoms with van der Waals surface area (Å²) in [6, 6.07) is 13.6. The van der Waals surface area contributed by atoms with Crippen molar-refractivity contribution in [2.75, 3.05) is 29.0 Å². The highest BCUT2D eigenvalue weighted by Crippen LogP contribution is 2.21. The molecule has 2 amide bonds. The lowest BCUT2D eigenvalue weighted by Crippen LogP contribution is -2.29. The largest absolute Gasteiger partial charge is 0.370 e. The van der Waals surface area contributed by atoms with Crippen LogP contribution in [0.1, 0.15) is 17.5 Å². The standard InChI is InChI=1S/C22H25N7O3S/c1-15-5-2-6-17(11-15)28-22(30)25-14-16-13-24-21-27-18-7-3-8-19(12-18)33(31,32)26-10-4-9-23-20(16)29-21/h2-3,5-8,11-13,26H,4,9-10,14H2,1H3,(H2,25,28,30)(H2,23,24,27,29). The van der Waals surface area contributed by atoms with Gasteiger partial charge in [-0.1, -0.05) is 18.2 Å². The van der Waals surface area contributed by atoms with Gasteiger partial charge >= 0.3 is 6.03 Å². The van der Waals surface area contributed by atoms with Gasteiger partial charge in [-0.25, -0.2) is 22.9 Å². The van der Waals surface area contributed by atoms with E-state index < -0.39 is 10.0 Å². The molecule has 0 unspecified atom stereocenters. The van der Waals surface area contributed by atoms with Crippen LogP contribution in [-0.2, 0) is 16.6 Å². The minimum Gasteiger partial charge on any atom is -0.370 e. The topological polar surface area (TPSA) is 137 Å². The van der Waals surface area contributed by atoms with E-state index >= 15 is 0 Å². The number of sulfonamides is 1. The van der Waals surface area contributed by atoms with Crippen LogP contribution in [0.5, 0.6) is 0 Å². The van der Waals surface area contributed by atoms with E-state index in [2.05, 4.69) is 36.0 Å². The third-order valence-corrected chi connectivity index (χ3v) is 6.38. The second-order valence-corrected chi connectivity index (χ2v) is 9.34. The third-order valence-electron chi connectivity index (χ3n) is 4.92. The fourth-order valence-electron chi connectivity index (χ4n) is 3.28. The Balaban J connectivity index is 1.50. The van der Waals surface area contributed by atoms with Crippen LogP contribution in [0.15, 0.2) is 59.6 Å². The Morgan fingerprint density at radius 2 is 1.97 bits per heavy atom. The minimum atomic E-state index is -3.60. The number of urea groups is 1. The predicted molar refractivity (Wildman–Crippen MR) is 127 cm³/mol. The maximum atomic E-state index is 12.5. The van der Waals surface area contributed by atoms with Crippen molar-refractivity contribution in [3.63, 3.8) is 0 Å². The molecule has 3 aromatic rings. The van der Waals surface area contributed by atoms with Crippen LogP contribution in [0.2, 0.25) is 0 Å². The summed E-state index contributed by atoms with van der Waals surface area (Å²) in [5.74, 6) is 0.869. The molecule has 1 aromatic heterocycles. The lowest BCUT2D eigenvalue weighted by atomic mass is 10.2. The Hall–Kier alpha value is -3.70. The van der Waals surface area contributed by atoms with Gasteiger partial charge in [0.15, 0.2) is 0 Å². The summed E-state index contributed by atoms with van der Waals surface area (Å²) in [6.45, 7) is 2.93. The first-order chi connectivity index (χ1) is 15.9. The van der Waals surface area contributed by atoms with Crippen molar-refractivity contribution in [1.82, 2.24) is 20.0 Å². The molecule has 172 valence electrons. The van der Waals surface area contributed by atoms with Crippen LogP contribution in [-0.4, -0.2) is 37.5 Å². The number of aromatic nitrogens is 2. The fourth-order valence-corrected chi connectivity index (χ4v) is 4.40. The predicted octanol–water partition coefficient (Wildman–Crippen LogP) is 2.94. The Bertz CT molecular complexity index is 1260. The Morgan fingerprint density at radius 3 is 2.82 bits per heavy atom. The van der Waals surface area contributed by atoms with Gasteiger partial charge in [-0.3, -0.25) is 0 Å². The molecule has 5 N–H and O–H groups in total. The maximum Gasteiger partial charge on any atom is 0.319 e. The van der Waals surface area contributed by atoms with E-state index in [0.29, 0.717) is 41.7 Å². The van der Waals surface area contributed by atoms with Crippen LogP contribution in [0.3, 0.4) is 0 Å². The number of rotatable bonds is 3. The molecule has 0 atom stereocenters. The van der Waals surface area contributed by atoms with Crippen LogP contribution < -0.4 is 26.0 Å². The number of hydrogen-bond donors (Lipinski definition) is 5. The molecule has 0 radical (unpaired) electrons. The molecule has 10 nitrogen and oxygen atoms in total. The number of hydrogen-bond acceptors (Lipinski definition) is 7. The number of nitrogens with zero attached hydrogens (tertiary/aromatic N) is 2. The molecule has 0 fully saturated rings. The van der Waals surface area contributed by atoms with Crippen LogP contribution in [0, 0.1) is 6.92 Å². The number of nitrogens with one attached hydrogen (secondary N) is 5. The lowest BCUT2D eigenvalue weighted by molar-refractivity contribution is 0.251. The van der Waals surface area contributed by atoms with Crippen molar-refractivity contribution in [3.05, 3.63) is 65.9 Å². The Morgan fingerprint density at radius 1 is 1.12 bits per heavy atom. The maximum absolute atomic E-state index is 12.5. The van der Waals surface area contributed by atoms with Crippen LogP contribution >= 0.6 is 0 Å². The molecule has 0 spiro atoms. The van der Waals surface area contributed by atoms with Gasteiger partial charge in [0.2, 0.25) is 16.0 Å². The molecule has 33 heavy (non-hydrogen) atoms. The summed E-state index contributed by atoms with van der Waals surface area (Å²) >= 11 is 0. The second-order valence-electron chi connectivity index (χ2n) is 7.58. The average Bonchev–Trinajstić information content (AvgIpc) is 2.78. The molecule has 4 bridgehead atoms. The molecule has 2 aromatic carbocycles. The summed E-state index contributed by atoms with van der Waals surface area (Å²) in [5, 5.41) is 11.9. The monoisotopic (exact) mass is 467 g/mol. The highest BCUT2D eigenvalue weighted by molar-refractivity contribution is 7.89. The Labute approximate surface area is 192 Å². The number of carbonyl (C=O) groups is 1. The van der Waals surface area contributed by atoms with Gasteiger partial charge in [0.05, 0.1) is 4.90 Å². The average molecular weight is 468 g/mol. The number of anilines is 4. The summed E-state index contributed by atoms with van der Waals surface area (Å²) in [7, 11) is -3.60. The first-order valence-electron chi connectivity index (χ1n) is 10.5. The van der Waals surface area contributed by atoms with Gasteiger partial charge in [0.1, 0.15) is 5.82 Å². The lowest BCUT2D eigenvalue weighted by Gasteiger charge is -2.14. The number of amides is 2. The van der Waals surface area contributed by atoms with E-state index in [-0.39, 0.29) is 24.0 Å². The highest BCUT2D eigenvalue weighted by Gasteiger charge is 2.16. The van der Waals surface area contributed by atoms with Gasteiger partial charge in [-0.05, 0) is 49.2 Å². The summed E-state index contributed by atoms with van der Waals surface area (Å²) in [6.07, 6.45) is 2.18. The minimum absolute atomic E-state index is 0.167. The van der Waals surface area contributed by atoms with Crippen molar-refractivity contribution in [1.29, 1.82) is 0 Å². The van der Waals surface area contributed by atoms with E-state index in [9.17, 15) is 13.2 Å². The molecular weight excluding hydrogens is 442 g/mol. The molecule has 4 rings (SSSR count). The quantitative estimate of drug-likeness (QED) is 0.399. The number of fused-ring (bicyclic) bond motifs is 4. The number of benzene rings is 2.